The van der Waals surface area contributed by atoms with Gasteiger partial charge in [-0.2, -0.15) is 0 Å². The molecule has 0 saturated carbocycles. The number of benzene rings is 2. The Morgan fingerprint density at radius 1 is 1.09 bits per heavy atom. The molecule has 0 aromatic heterocycles. The number of rotatable bonds is 8. The molecule has 0 aliphatic heterocycles. The lowest BCUT2D eigenvalue weighted by atomic mass is 10.1. The molecule has 0 heterocycles. The molecule has 2 aromatic carbocycles. The third kappa shape index (κ3) is 7.18. The maximum atomic E-state index is 12.6. The Labute approximate surface area is 205 Å². The number of ether oxygens (including phenoxy) is 1. The van der Waals surface area contributed by atoms with E-state index in [1.165, 1.54) is 25.3 Å². The highest BCUT2D eigenvalue weighted by Gasteiger charge is 2.39. The molecule has 34 heavy (non-hydrogen) atoms. The zero-order valence-corrected chi connectivity index (χ0v) is 22.8. The van der Waals surface area contributed by atoms with E-state index in [1.807, 2.05) is 37.3 Å². The highest BCUT2D eigenvalue weighted by Crippen LogP contribution is 2.40. The van der Waals surface area contributed by atoms with Crippen molar-refractivity contribution in [3.8, 4) is 0 Å². The Morgan fingerprint density at radius 2 is 1.68 bits per heavy atom. The summed E-state index contributed by atoms with van der Waals surface area (Å²) in [5.41, 5.74) is 4.96. The molecule has 1 unspecified atom stereocenters. The minimum Gasteiger partial charge on any atom is -0.444 e. The highest BCUT2D eigenvalue weighted by molar-refractivity contribution is 7.89. The van der Waals surface area contributed by atoms with Gasteiger partial charge in [-0.05, 0) is 54.9 Å². The highest BCUT2D eigenvalue weighted by atomic mass is 32.2. The number of nitrogens with zero attached hydrogens (tertiary/aromatic N) is 1. The topological polar surface area (TPSA) is 72.9 Å². The van der Waals surface area contributed by atoms with E-state index in [9.17, 15) is 13.2 Å². The summed E-state index contributed by atoms with van der Waals surface area (Å²) >= 11 is 0. The van der Waals surface area contributed by atoms with Crippen molar-refractivity contribution < 1.29 is 22.4 Å². The Balaban J connectivity index is 2.08. The summed E-state index contributed by atoms with van der Waals surface area (Å²) in [6.45, 7) is 12.7. The van der Waals surface area contributed by atoms with Crippen molar-refractivity contribution in [2.75, 3.05) is 13.7 Å². The third-order valence-corrected chi connectivity index (χ3v) is 12.1. The van der Waals surface area contributed by atoms with Gasteiger partial charge in [-0.1, -0.05) is 68.8 Å². The molecule has 0 aliphatic rings. The molecule has 184 valence electrons. The standard InChI is InChI=1S/C26H35NO5SSi/c1-21-16-18-23(19-17-21)33(29,30)27(5)25(28)31-20-12-11-15-24(22-13-9-8-10-14-22)32-34(6,7)26(2,3)4/h8-10,12-19,24H,20H2,1-7H3. The lowest BCUT2D eigenvalue weighted by Gasteiger charge is -2.38. The van der Waals surface area contributed by atoms with Crippen LogP contribution >= 0.6 is 0 Å². The zero-order valence-electron chi connectivity index (χ0n) is 21.0. The van der Waals surface area contributed by atoms with Crippen LogP contribution in [0.4, 0.5) is 4.79 Å². The largest absolute Gasteiger partial charge is 0.444 e. The summed E-state index contributed by atoms with van der Waals surface area (Å²) in [5.74, 6) is 0. The molecule has 0 spiro atoms. The molecule has 0 fully saturated rings. The number of carbonyl (C=O) groups is 1. The van der Waals surface area contributed by atoms with Gasteiger partial charge in [0, 0.05) is 7.05 Å². The molecular weight excluding hydrogens is 466 g/mol. The van der Waals surface area contributed by atoms with Gasteiger partial charge in [-0.25, -0.2) is 17.5 Å². The summed E-state index contributed by atoms with van der Waals surface area (Å²) in [7, 11) is -4.86. The molecular formula is C26H35NO5SSi. The molecule has 0 bridgehead atoms. The molecule has 0 aliphatic carbocycles. The van der Waals surface area contributed by atoms with Crippen LogP contribution in [0.2, 0.25) is 18.1 Å². The summed E-state index contributed by atoms with van der Waals surface area (Å²) in [6.07, 6.45) is 2.08. The van der Waals surface area contributed by atoms with E-state index >= 15 is 0 Å². The molecule has 0 N–H and O–H groups in total. The van der Waals surface area contributed by atoms with Gasteiger partial charge in [0.05, 0.1) is 11.0 Å². The number of hydrogen-bond acceptors (Lipinski definition) is 5. The van der Waals surface area contributed by atoms with Crippen molar-refractivity contribution in [1.29, 1.82) is 0 Å². The summed E-state index contributed by atoms with van der Waals surface area (Å²) in [6, 6.07) is 16.1. The van der Waals surface area contributed by atoms with E-state index in [0.29, 0.717) is 4.31 Å². The Kier molecular flexibility index (Phi) is 9.08. The third-order valence-electron chi connectivity index (χ3n) is 5.95. The smallest absolute Gasteiger partial charge is 0.423 e. The quantitative estimate of drug-likeness (QED) is 0.317. The van der Waals surface area contributed by atoms with Crippen LogP contribution in [0.15, 0.2) is 77.4 Å². The first-order valence-electron chi connectivity index (χ1n) is 11.1. The normalized spacial score (nSPS) is 12.9. The van der Waals surface area contributed by atoms with E-state index in [2.05, 4.69) is 39.6 Å². The van der Waals surface area contributed by atoms with Crippen molar-refractivity contribution in [1.82, 2.24) is 4.31 Å². The lowest BCUT2D eigenvalue weighted by Crippen LogP contribution is -2.41. The lowest BCUT2D eigenvalue weighted by molar-refractivity contribution is 0.142. The second kappa shape index (κ2) is 11.2. The summed E-state index contributed by atoms with van der Waals surface area (Å²) < 4.78 is 37.5. The number of hydrogen-bond donors (Lipinski definition) is 0. The average Bonchev–Trinajstić information content (AvgIpc) is 2.77. The maximum Gasteiger partial charge on any atom is 0.423 e. The van der Waals surface area contributed by atoms with Crippen molar-refractivity contribution >= 4 is 24.4 Å². The molecule has 0 saturated heterocycles. The number of sulfonamides is 1. The van der Waals surface area contributed by atoms with Crippen molar-refractivity contribution in [3.63, 3.8) is 0 Å². The van der Waals surface area contributed by atoms with Gasteiger partial charge in [0.2, 0.25) is 0 Å². The molecule has 0 radical (unpaired) electrons. The van der Waals surface area contributed by atoms with Crippen molar-refractivity contribution in [3.05, 3.63) is 83.6 Å². The van der Waals surface area contributed by atoms with Crippen LogP contribution in [0, 0.1) is 6.92 Å². The minimum absolute atomic E-state index is 0.0291. The van der Waals surface area contributed by atoms with Gasteiger partial charge in [0.25, 0.3) is 10.0 Å². The van der Waals surface area contributed by atoms with Gasteiger partial charge in [0.1, 0.15) is 6.61 Å². The second-order valence-electron chi connectivity index (χ2n) is 9.61. The van der Waals surface area contributed by atoms with Crippen LogP contribution < -0.4 is 0 Å². The predicted octanol–water partition coefficient (Wildman–Crippen LogP) is 6.23. The SMILES string of the molecule is Cc1ccc(S(=O)(=O)N(C)C(=O)OCC=C=CC(O[Si](C)(C)C(C)(C)C)c2ccccc2)cc1. The first-order chi connectivity index (χ1) is 15.8. The van der Waals surface area contributed by atoms with Crippen LogP contribution in [-0.2, 0) is 19.2 Å². The molecule has 1 atom stereocenters. The minimum atomic E-state index is -3.98. The van der Waals surface area contributed by atoms with Gasteiger partial charge >= 0.3 is 6.09 Å². The molecule has 2 aromatic rings. The van der Waals surface area contributed by atoms with E-state index < -0.39 is 24.4 Å². The van der Waals surface area contributed by atoms with Gasteiger partial charge in [-0.3, -0.25) is 0 Å². The molecule has 1 amide bonds. The molecule has 2 rings (SSSR count). The fraction of sp³-hybridized carbons (Fsp3) is 0.385. The summed E-state index contributed by atoms with van der Waals surface area (Å²) in [5, 5.41) is 0.0423. The van der Waals surface area contributed by atoms with Crippen LogP contribution in [0.1, 0.15) is 38.0 Å². The second-order valence-corrected chi connectivity index (χ2v) is 16.3. The molecule has 8 heteroatoms. The zero-order chi connectivity index (χ0) is 25.6. The van der Waals surface area contributed by atoms with E-state index in [1.54, 1.807) is 18.2 Å². The Morgan fingerprint density at radius 3 is 2.24 bits per heavy atom. The molecule has 6 nitrogen and oxygen atoms in total. The predicted molar refractivity (Wildman–Crippen MR) is 138 cm³/mol. The first kappa shape index (κ1) is 27.6. The monoisotopic (exact) mass is 501 g/mol. The number of aryl methyl sites for hydroxylation is 1. The van der Waals surface area contributed by atoms with Crippen molar-refractivity contribution in [2.45, 2.75) is 56.8 Å². The fourth-order valence-electron chi connectivity index (χ4n) is 2.71. The fourth-order valence-corrected chi connectivity index (χ4v) is 4.95. The maximum absolute atomic E-state index is 12.6. The van der Waals surface area contributed by atoms with Crippen LogP contribution in [0.5, 0.6) is 0 Å². The first-order valence-corrected chi connectivity index (χ1v) is 15.5. The van der Waals surface area contributed by atoms with Crippen LogP contribution in [0.25, 0.3) is 0 Å². The number of carbonyl (C=O) groups excluding carboxylic acids is 1. The average molecular weight is 502 g/mol. The van der Waals surface area contributed by atoms with Gasteiger partial charge in [-0.15, -0.1) is 5.73 Å². The van der Waals surface area contributed by atoms with E-state index in [4.69, 9.17) is 9.16 Å². The Bertz CT molecular complexity index is 1130. The Hall–Kier alpha value is -2.64. The summed E-state index contributed by atoms with van der Waals surface area (Å²) in [4.78, 5) is 12.3. The van der Waals surface area contributed by atoms with Crippen LogP contribution in [-0.4, -0.2) is 40.8 Å². The van der Waals surface area contributed by atoms with E-state index in [0.717, 1.165) is 11.1 Å². The van der Waals surface area contributed by atoms with Crippen LogP contribution in [0.3, 0.4) is 0 Å². The number of amides is 1. The van der Waals surface area contributed by atoms with Crippen molar-refractivity contribution in [2.24, 2.45) is 0 Å². The van der Waals surface area contributed by atoms with Gasteiger partial charge < -0.3 is 9.16 Å². The van der Waals surface area contributed by atoms with E-state index in [-0.39, 0.29) is 22.6 Å². The van der Waals surface area contributed by atoms with Gasteiger partial charge in [0.15, 0.2) is 8.32 Å².